The quantitative estimate of drug-likeness (QED) is 0.671. The maximum atomic E-state index is 11.5. The summed E-state index contributed by atoms with van der Waals surface area (Å²) in [6.07, 6.45) is 3.74. The van der Waals surface area contributed by atoms with Crippen molar-refractivity contribution < 1.29 is 9.90 Å². The van der Waals surface area contributed by atoms with Gasteiger partial charge in [0.1, 0.15) is 5.56 Å². The average Bonchev–Trinajstić information content (AvgIpc) is 2.27. The fourth-order valence-corrected chi connectivity index (χ4v) is 1.33. The van der Waals surface area contributed by atoms with E-state index in [1.54, 1.807) is 0 Å². The van der Waals surface area contributed by atoms with Gasteiger partial charge in [0.05, 0.1) is 6.10 Å². The number of rotatable bonds is 5. The van der Waals surface area contributed by atoms with Gasteiger partial charge in [-0.25, -0.2) is 0 Å². The fraction of sp³-hybridized carbons (Fsp3) is 0.455. The average molecular weight is 224 g/mol. The van der Waals surface area contributed by atoms with E-state index in [4.69, 9.17) is 0 Å². The van der Waals surface area contributed by atoms with Crippen LogP contribution in [0.2, 0.25) is 0 Å². The molecular formula is C11H16N2O3. The van der Waals surface area contributed by atoms with Crippen LogP contribution in [0.15, 0.2) is 23.3 Å². The molecule has 1 unspecified atom stereocenters. The molecule has 1 amide bonds. The van der Waals surface area contributed by atoms with E-state index < -0.39 is 12.0 Å². The van der Waals surface area contributed by atoms with Crippen LogP contribution in [0.1, 0.15) is 30.1 Å². The first-order chi connectivity index (χ1) is 7.65. The van der Waals surface area contributed by atoms with Crippen LogP contribution in [0.25, 0.3) is 0 Å². The topological polar surface area (TPSA) is 82.2 Å². The normalized spacial score (nSPS) is 12.1. The van der Waals surface area contributed by atoms with Crippen LogP contribution in [-0.2, 0) is 0 Å². The van der Waals surface area contributed by atoms with Crippen molar-refractivity contribution in [1.29, 1.82) is 0 Å². The third kappa shape index (κ3) is 3.51. The number of hydrogen-bond acceptors (Lipinski definition) is 3. The van der Waals surface area contributed by atoms with Crippen LogP contribution >= 0.6 is 0 Å². The molecule has 1 atom stereocenters. The zero-order valence-corrected chi connectivity index (χ0v) is 9.19. The third-order valence-electron chi connectivity index (χ3n) is 2.19. The number of hydrogen-bond donors (Lipinski definition) is 3. The SMILES string of the molecule is CCCC(O)CNC(=O)c1c[nH]ccc1=O. The summed E-state index contributed by atoms with van der Waals surface area (Å²) < 4.78 is 0. The van der Waals surface area contributed by atoms with Crippen molar-refractivity contribution in [2.24, 2.45) is 0 Å². The van der Waals surface area contributed by atoms with Crippen molar-refractivity contribution in [2.75, 3.05) is 6.54 Å². The number of amides is 1. The van der Waals surface area contributed by atoms with Crippen LogP contribution in [0.5, 0.6) is 0 Å². The molecule has 0 spiro atoms. The van der Waals surface area contributed by atoms with Gasteiger partial charge in [0.15, 0.2) is 5.43 Å². The molecule has 0 aliphatic heterocycles. The van der Waals surface area contributed by atoms with E-state index in [1.165, 1.54) is 18.5 Å². The largest absolute Gasteiger partial charge is 0.391 e. The zero-order valence-electron chi connectivity index (χ0n) is 9.19. The van der Waals surface area contributed by atoms with Crippen LogP contribution in [0.4, 0.5) is 0 Å². The maximum Gasteiger partial charge on any atom is 0.256 e. The molecule has 88 valence electrons. The fourth-order valence-electron chi connectivity index (χ4n) is 1.33. The minimum Gasteiger partial charge on any atom is -0.391 e. The summed E-state index contributed by atoms with van der Waals surface area (Å²) in [5.74, 6) is -0.461. The van der Waals surface area contributed by atoms with Crippen molar-refractivity contribution in [3.05, 3.63) is 34.2 Å². The number of carbonyl (C=O) groups excluding carboxylic acids is 1. The molecule has 16 heavy (non-hydrogen) atoms. The summed E-state index contributed by atoms with van der Waals surface area (Å²) in [6, 6.07) is 1.29. The highest BCUT2D eigenvalue weighted by Crippen LogP contribution is 1.95. The van der Waals surface area contributed by atoms with Gasteiger partial charge < -0.3 is 15.4 Å². The molecule has 0 fully saturated rings. The van der Waals surface area contributed by atoms with Crippen molar-refractivity contribution in [1.82, 2.24) is 10.3 Å². The van der Waals surface area contributed by atoms with Crippen molar-refractivity contribution in [3.8, 4) is 0 Å². The monoisotopic (exact) mass is 224 g/mol. The van der Waals surface area contributed by atoms with Gasteiger partial charge in [0, 0.05) is 25.0 Å². The number of carbonyl (C=O) groups is 1. The maximum absolute atomic E-state index is 11.5. The molecule has 0 aliphatic carbocycles. The first-order valence-corrected chi connectivity index (χ1v) is 5.28. The second-order valence-electron chi connectivity index (χ2n) is 3.57. The standard InChI is InChI=1S/C11H16N2O3/c1-2-3-8(14)6-13-11(16)9-7-12-5-4-10(9)15/h4-5,7-8,14H,2-3,6H2,1H3,(H,12,15)(H,13,16). The Hall–Kier alpha value is -1.62. The van der Waals surface area contributed by atoms with E-state index in [9.17, 15) is 14.7 Å². The number of nitrogens with one attached hydrogen (secondary N) is 2. The lowest BCUT2D eigenvalue weighted by atomic mass is 10.2. The van der Waals surface area contributed by atoms with Crippen LogP contribution < -0.4 is 10.7 Å². The third-order valence-corrected chi connectivity index (χ3v) is 2.19. The molecule has 0 radical (unpaired) electrons. The Morgan fingerprint density at radius 3 is 3.00 bits per heavy atom. The molecule has 0 saturated carbocycles. The number of H-pyrrole nitrogens is 1. The van der Waals surface area contributed by atoms with Gasteiger partial charge >= 0.3 is 0 Å². The Morgan fingerprint density at radius 2 is 2.38 bits per heavy atom. The molecular weight excluding hydrogens is 208 g/mol. The summed E-state index contributed by atoms with van der Waals surface area (Å²) in [5, 5.41) is 11.9. The van der Waals surface area contributed by atoms with Crippen LogP contribution in [0.3, 0.4) is 0 Å². The van der Waals surface area contributed by atoms with E-state index >= 15 is 0 Å². The summed E-state index contributed by atoms with van der Waals surface area (Å²) in [4.78, 5) is 25.5. The Labute approximate surface area is 93.5 Å². The summed E-state index contributed by atoms with van der Waals surface area (Å²) in [5.41, 5.74) is -0.271. The van der Waals surface area contributed by atoms with E-state index in [1.807, 2.05) is 6.92 Å². The molecule has 5 nitrogen and oxygen atoms in total. The summed E-state index contributed by atoms with van der Waals surface area (Å²) >= 11 is 0. The number of pyridine rings is 1. The molecule has 1 rings (SSSR count). The highest BCUT2D eigenvalue weighted by Gasteiger charge is 2.10. The molecule has 0 aromatic carbocycles. The van der Waals surface area contributed by atoms with E-state index in [2.05, 4.69) is 10.3 Å². The second-order valence-corrected chi connectivity index (χ2v) is 3.57. The van der Waals surface area contributed by atoms with Crippen LogP contribution in [0, 0.1) is 0 Å². The minimum absolute atomic E-state index is 0.0613. The predicted molar refractivity (Wildman–Crippen MR) is 60.3 cm³/mol. The van der Waals surface area contributed by atoms with Crippen molar-refractivity contribution in [2.45, 2.75) is 25.9 Å². The summed E-state index contributed by atoms with van der Waals surface area (Å²) in [7, 11) is 0. The number of aliphatic hydroxyl groups is 1. The molecule has 5 heteroatoms. The Bertz CT molecular complexity index is 400. The Balaban J connectivity index is 2.54. The smallest absolute Gasteiger partial charge is 0.256 e. The molecule has 0 saturated heterocycles. The first kappa shape index (κ1) is 12.4. The zero-order chi connectivity index (χ0) is 12.0. The molecule has 0 bridgehead atoms. The van der Waals surface area contributed by atoms with Gasteiger partial charge in [0.2, 0.25) is 0 Å². The van der Waals surface area contributed by atoms with Gasteiger partial charge in [0.25, 0.3) is 5.91 Å². The molecule has 1 aromatic heterocycles. The number of aromatic amines is 1. The second kappa shape index (κ2) is 6.07. The lowest BCUT2D eigenvalue weighted by Crippen LogP contribution is -2.34. The minimum atomic E-state index is -0.559. The van der Waals surface area contributed by atoms with Gasteiger partial charge in [-0.1, -0.05) is 13.3 Å². The van der Waals surface area contributed by atoms with E-state index in [0.717, 1.165) is 6.42 Å². The molecule has 0 aliphatic rings. The Kier molecular flexibility index (Phi) is 4.72. The van der Waals surface area contributed by atoms with Gasteiger partial charge in [-0.05, 0) is 6.42 Å². The van der Waals surface area contributed by atoms with Crippen molar-refractivity contribution in [3.63, 3.8) is 0 Å². The highest BCUT2D eigenvalue weighted by atomic mass is 16.3. The lowest BCUT2D eigenvalue weighted by molar-refractivity contribution is 0.0908. The molecule has 3 N–H and O–H groups in total. The molecule has 1 aromatic rings. The first-order valence-electron chi connectivity index (χ1n) is 5.28. The number of aliphatic hydroxyl groups excluding tert-OH is 1. The predicted octanol–water partition coefficient (Wildman–Crippen LogP) is 0.266. The number of aromatic nitrogens is 1. The lowest BCUT2D eigenvalue weighted by Gasteiger charge is -2.10. The molecule has 1 heterocycles. The Morgan fingerprint density at radius 1 is 1.62 bits per heavy atom. The van der Waals surface area contributed by atoms with Gasteiger partial charge in [-0.2, -0.15) is 0 Å². The van der Waals surface area contributed by atoms with E-state index in [0.29, 0.717) is 6.42 Å². The highest BCUT2D eigenvalue weighted by molar-refractivity contribution is 5.93. The van der Waals surface area contributed by atoms with Gasteiger partial charge in [-0.3, -0.25) is 9.59 Å². The van der Waals surface area contributed by atoms with E-state index in [-0.39, 0.29) is 17.5 Å². The van der Waals surface area contributed by atoms with Gasteiger partial charge in [-0.15, -0.1) is 0 Å². The van der Waals surface area contributed by atoms with Crippen molar-refractivity contribution >= 4 is 5.91 Å². The summed E-state index contributed by atoms with van der Waals surface area (Å²) in [6.45, 7) is 2.12. The van der Waals surface area contributed by atoms with Crippen LogP contribution in [-0.4, -0.2) is 28.6 Å².